The van der Waals surface area contributed by atoms with Crippen LogP contribution in [0.1, 0.15) is 44.8 Å². The number of para-hydroxylation sites is 1. The highest BCUT2D eigenvalue weighted by Gasteiger charge is 2.11. The molecule has 0 aliphatic heterocycles. The molecule has 130 valence electrons. The normalized spacial score (nSPS) is 12.0. The second-order valence-corrected chi connectivity index (χ2v) is 5.99. The molecule has 0 fully saturated rings. The summed E-state index contributed by atoms with van der Waals surface area (Å²) in [5.41, 5.74) is 2.15. The zero-order valence-electron chi connectivity index (χ0n) is 14.8. The fourth-order valence-corrected chi connectivity index (χ4v) is 2.67. The Bertz CT molecular complexity index is 568. The maximum atomic E-state index is 10.4. The van der Waals surface area contributed by atoms with Crippen LogP contribution in [0.4, 0.5) is 5.69 Å². The average molecular weight is 327 g/mol. The molecule has 0 aliphatic rings. The predicted octanol–water partition coefficient (Wildman–Crippen LogP) is 4.82. The molecule has 0 bridgehead atoms. The van der Waals surface area contributed by atoms with Crippen molar-refractivity contribution in [1.82, 2.24) is 0 Å². The number of aliphatic hydroxyl groups is 1. The number of nitrogens with zero attached hydrogens (tertiary/aromatic N) is 1. The molecule has 2 aromatic rings. The van der Waals surface area contributed by atoms with E-state index in [1.54, 1.807) is 0 Å². The number of anilines is 1. The predicted molar refractivity (Wildman–Crippen MR) is 101 cm³/mol. The Balaban J connectivity index is 1.86. The molecule has 2 aromatic carbocycles. The molecule has 0 radical (unpaired) electrons. The van der Waals surface area contributed by atoms with Crippen molar-refractivity contribution in [2.45, 2.75) is 39.2 Å². The van der Waals surface area contributed by atoms with Gasteiger partial charge in [0.25, 0.3) is 0 Å². The monoisotopic (exact) mass is 327 g/mol. The van der Waals surface area contributed by atoms with E-state index in [1.807, 2.05) is 42.5 Å². The van der Waals surface area contributed by atoms with Crippen LogP contribution in [0.25, 0.3) is 0 Å². The van der Waals surface area contributed by atoms with Crippen molar-refractivity contribution < 1.29 is 9.84 Å². The van der Waals surface area contributed by atoms with Crippen LogP contribution in [0.5, 0.6) is 5.75 Å². The molecule has 0 saturated heterocycles. The summed E-state index contributed by atoms with van der Waals surface area (Å²) in [7, 11) is 0. The minimum atomic E-state index is -0.451. The SMILES string of the molecule is CCCCOc1ccc(C(O)CCN(CC)c2ccccc2)cc1. The first-order valence-electron chi connectivity index (χ1n) is 8.95. The van der Waals surface area contributed by atoms with E-state index in [9.17, 15) is 5.11 Å². The molecule has 0 saturated carbocycles. The third-order valence-corrected chi connectivity index (χ3v) is 4.21. The van der Waals surface area contributed by atoms with Crippen LogP contribution >= 0.6 is 0 Å². The van der Waals surface area contributed by atoms with Crippen molar-refractivity contribution in [3.63, 3.8) is 0 Å². The van der Waals surface area contributed by atoms with Crippen LogP contribution in [-0.2, 0) is 0 Å². The summed E-state index contributed by atoms with van der Waals surface area (Å²) in [5, 5.41) is 10.4. The number of unbranched alkanes of at least 4 members (excludes halogenated alkanes) is 1. The van der Waals surface area contributed by atoms with Gasteiger partial charge in [-0.05, 0) is 49.6 Å². The number of ether oxygens (including phenoxy) is 1. The van der Waals surface area contributed by atoms with Gasteiger partial charge < -0.3 is 14.7 Å². The zero-order valence-corrected chi connectivity index (χ0v) is 14.8. The summed E-state index contributed by atoms with van der Waals surface area (Å²) in [6.45, 7) is 6.80. The van der Waals surface area contributed by atoms with E-state index >= 15 is 0 Å². The molecular formula is C21H29NO2. The average Bonchev–Trinajstić information content (AvgIpc) is 2.64. The van der Waals surface area contributed by atoms with Gasteiger partial charge in [0.15, 0.2) is 0 Å². The molecule has 0 aliphatic carbocycles. The maximum Gasteiger partial charge on any atom is 0.119 e. The summed E-state index contributed by atoms with van der Waals surface area (Å²) < 4.78 is 5.66. The molecule has 24 heavy (non-hydrogen) atoms. The summed E-state index contributed by atoms with van der Waals surface area (Å²) in [4.78, 5) is 2.28. The van der Waals surface area contributed by atoms with Gasteiger partial charge in [0, 0.05) is 18.8 Å². The number of rotatable bonds is 10. The maximum absolute atomic E-state index is 10.4. The Hall–Kier alpha value is -2.00. The molecular weight excluding hydrogens is 298 g/mol. The quantitative estimate of drug-likeness (QED) is 0.635. The Kier molecular flexibility index (Phi) is 7.63. The smallest absolute Gasteiger partial charge is 0.119 e. The van der Waals surface area contributed by atoms with Gasteiger partial charge in [-0.15, -0.1) is 0 Å². The Morgan fingerprint density at radius 3 is 2.33 bits per heavy atom. The van der Waals surface area contributed by atoms with Gasteiger partial charge in [-0.1, -0.05) is 43.7 Å². The van der Waals surface area contributed by atoms with Crippen molar-refractivity contribution in [2.24, 2.45) is 0 Å². The summed E-state index contributed by atoms with van der Waals surface area (Å²) in [5.74, 6) is 0.874. The van der Waals surface area contributed by atoms with Crippen LogP contribution in [0.2, 0.25) is 0 Å². The number of hydrogen-bond acceptors (Lipinski definition) is 3. The Morgan fingerprint density at radius 1 is 1.00 bits per heavy atom. The molecule has 1 unspecified atom stereocenters. The lowest BCUT2D eigenvalue weighted by molar-refractivity contribution is 0.169. The minimum absolute atomic E-state index is 0.451. The highest BCUT2D eigenvalue weighted by atomic mass is 16.5. The van der Waals surface area contributed by atoms with Crippen molar-refractivity contribution in [1.29, 1.82) is 0 Å². The molecule has 3 heteroatoms. The molecule has 0 heterocycles. The lowest BCUT2D eigenvalue weighted by atomic mass is 10.1. The third kappa shape index (κ3) is 5.57. The van der Waals surface area contributed by atoms with Gasteiger partial charge in [-0.2, -0.15) is 0 Å². The second kappa shape index (κ2) is 9.99. The van der Waals surface area contributed by atoms with Gasteiger partial charge in [0.05, 0.1) is 12.7 Å². The molecule has 2 rings (SSSR count). The summed E-state index contributed by atoms with van der Waals surface area (Å²) >= 11 is 0. The minimum Gasteiger partial charge on any atom is -0.494 e. The van der Waals surface area contributed by atoms with E-state index in [-0.39, 0.29) is 0 Å². The van der Waals surface area contributed by atoms with Crippen LogP contribution < -0.4 is 9.64 Å². The summed E-state index contributed by atoms with van der Waals surface area (Å²) in [6.07, 6.45) is 2.45. The third-order valence-electron chi connectivity index (χ3n) is 4.21. The van der Waals surface area contributed by atoms with E-state index in [1.165, 1.54) is 5.69 Å². The first-order valence-corrected chi connectivity index (χ1v) is 8.95. The first-order chi connectivity index (χ1) is 11.7. The van der Waals surface area contributed by atoms with Gasteiger partial charge in [-0.3, -0.25) is 0 Å². The lowest BCUT2D eigenvalue weighted by Crippen LogP contribution is -2.25. The highest BCUT2D eigenvalue weighted by molar-refractivity contribution is 5.45. The topological polar surface area (TPSA) is 32.7 Å². The van der Waals surface area contributed by atoms with Crippen LogP contribution in [0, 0.1) is 0 Å². The van der Waals surface area contributed by atoms with Gasteiger partial charge in [0.2, 0.25) is 0 Å². The zero-order chi connectivity index (χ0) is 17.2. The van der Waals surface area contributed by atoms with Crippen molar-refractivity contribution in [3.8, 4) is 5.75 Å². The molecule has 3 nitrogen and oxygen atoms in total. The van der Waals surface area contributed by atoms with E-state index < -0.39 is 6.10 Å². The van der Waals surface area contributed by atoms with Crippen LogP contribution in [0.15, 0.2) is 54.6 Å². The Labute approximate surface area is 145 Å². The first kappa shape index (κ1) is 18.3. The summed E-state index contributed by atoms with van der Waals surface area (Å²) in [6, 6.07) is 18.2. The fourth-order valence-electron chi connectivity index (χ4n) is 2.67. The molecule has 0 aromatic heterocycles. The van der Waals surface area contributed by atoms with Gasteiger partial charge in [0.1, 0.15) is 5.75 Å². The van der Waals surface area contributed by atoms with Gasteiger partial charge >= 0.3 is 0 Å². The number of hydrogen-bond donors (Lipinski definition) is 1. The van der Waals surface area contributed by atoms with Crippen molar-refractivity contribution in [3.05, 3.63) is 60.2 Å². The fraction of sp³-hybridized carbons (Fsp3) is 0.429. The molecule has 1 N–H and O–H groups in total. The van der Waals surface area contributed by atoms with Gasteiger partial charge in [-0.25, -0.2) is 0 Å². The van der Waals surface area contributed by atoms with E-state index in [0.717, 1.165) is 43.9 Å². The van der Waals surface area contributed by atoms with Crippen LogP contribution in [-0.4, -0.2) is 24.8 Å². The Morgan fingerprint density at radius 2 is 1.71 bits per heavy atom. The van der Waals surface area contributed by atoms with Crippen molar-refractivity contribution in [2.75, 3.05) is 24.6 Å². The second-order valence-electron chi connectivity index (χ2n) is 5.99. The molecule has 0 spiro atoms. The number of aliphatic hydroxyl groups excluding tert-OH is 1. The molecule has 1 atom stereocenters. The largest absolute Gasteiger partial charge is 0.494 e. The van der Waals surface area contributed by atoms with Crippen molar-refractivity contribution >= 4 is 5.69 Å². The lowest BCUT2D eigenvalue weighted by Gasteiger charge is -2.24. The molecule has 0 amide bonds. The highest BCUT2D eigenvalue weighted by Crippen LogP contribution is 2.22. The van der Waals surface area contributed by atoms with E-state index in [2.05, 4.69) is 30.9 Å². The van der Waals surface area contributed by atoms with E-state index in [4.69, 9.17) is 4.74 Å². The number of benzene rings is 2. The standard InChI is InChI=1S/C21H29NO2/c1-3-5-17-24-20-13-11-18(12-14-20)21(23)15-16-22(4-2)19-9-7-6-8-10-19/h6-14,21,23H,3-5,15-17H2,1-2H3. The van der Waals surface area contributed by atoms with Crippen LogP contribution in [0.3, 0.4) is 0 Å². The van der Waals surface area contributed by atoms with E-state index in [0.29, 0.717) is 6.42 Å².